The van der Waals surface area contributed by atoms with Gasteiger partial charge in [0.1, 0.15) is 6.04 Å². The molecule has 9 nitrogen and oxygen atoms in total. The Morgan fingerprint density at radius 2 is 1.90 bits per heavy atom. The molecule has 3 aromatic rings. The summed E-state index contributed by atoms with van der Waals surface area (Å²) < 4.78 is 33.8. The molecule has 0 fully saturated rings. The maximum Gasteiger partial charge on any atom is 0.326 e. The summed E-state index contributed by atoms with van der Waals surface area (Å²) >= 11 is 5.77. The van der Waals surface area contributed by atoms with Crippen molar-refractivity contribution in [2.75, 3.05) is 6.61 Å². The van der Waals surface area contributed by atoms with E-state index < -0.39 is 28.1 Å². The van der Waals surface area contributed by atoms with Gasteiger partial charge in [0.2, 0.25) is 10.0 Å². The van der Waals surface area contributed by atoms with E-state index in [9.17, 15) is 23.1 Å². The first-order valence-corrected chi connectivity index (χ1v) is 11.4. The van der Waals surface area contributed by atoms with E-state index in [1.54, 1.807) is 12.1 Å². The molecule has 0 aliphatic heterocycles. The summed E-state index contributed by atoms with van der Waals surface area (Å²) in [5.41, 5.74) is 1.16. The highest BCUT2D eigenvalue weighted by Gasteiger charge is 2.30. The summed E-state index contributed by atoms with van der Waals surface area (Å²) in [5.74, 6) is -0.918. The first-order valence-electron chi connectivity index (χ1n) is 9.49. The molecular weight excluding hydrogens is 446 g/mol. The van der Waals surface area contributed by atoms with E-state index in [4.69, 9.17) is 16.3 Å². The summed E-state index contributed by atoms with van der Waals surface area (Å²) in [6.07, 6.45) is -1.00. The Bertz CT molecular complexity index is 1220. The third-order valence-corrected chi connectivity index (χ3v) is 6.30. The smallest absolute Gasteiger partial charge is 0.326 e. The SMILES string of the molecule is C[C@@H](O)[C@H](NS(=O)(=O)c1ccc(Cl)cc1)C(=O)OCCCn1c(=O)[nH]c2ccccc21. The number of sulfonamides is 1. The molecule has 2 atom stereocenters. The van der Waals surface area contributed by atoms with Crippen LogP contribution in [0.4, 0.5) is 0 Å². The van der Waals surface area contributed by atoms with E-state index in [-0.39, 0.29) is 17.2 Å². The molecule has 0 spiro atoms. The largest absolute Gasteiger partial charge is 0.464 e. The van der Waals surface area contributed by atoms with Crippen molar-refractivity contribution in [1.29, 1.82) is 0 Å². The first-order chi connectivity index (χ1) is 14.7. The van der Waals surface area contributed by atoms with Crippen molar-refractivity contribution < 1.29 is 23.1 Å². The van der Waals surface area contributed by atoms with Gasteiger partial charge in [0.15, 0.2) is 0 Å². The Hall–Kier alpha value is -2.66. The number of nitrogens with one attached hydrogen (secondary N) is 2. The number of nitrogens with zero attached hydrogens (tertiary/aromatic N) is 1. The van der Waals surface area contributed by atoms with Gasteiger partial charge in [-0.15, -0.1) is 0 Å². The van der Waals surface area contributed by atoms with Gasteiger partial charge in [0.25, 0.3) is 0 Å². The number of hydrogen-bond donors (Lipinski definition) is 3. The topological polar surface area (TPSA) is 130 Å². The van der Waals surface area contributed by atoms with Crippen molar-refractivity contribution in [1.82, 2.24) is 14.3 Å². The number of carbonyl (C=O) groups excluding carboxylic acids is 1. The van der Waals surface area contributed by atoms with Crippen LogP contribution in [0.2, 0.25) is 5.02 Å². The molecule has 1 aromatic heterocycles. The number of halogens is 1. The fourth-order valence-corrected chi connectivity index (χ4v) is 4.39. The zero-order valence-corrected chi connectivity index (χ0v) is 18.2. The molecule has 1 heterocycles. The number of aryl methyl sites for hydroxylation is 1. The third-order valence-electron chi connectivity index (χ3n) is 4.59. The number of benzene rings is 2. The quantitative estimate of drug-likeness (QED) is 0.324. The van der Waals surface area contributed by atoms with Crippen LogP contribution in [0.1, 0.15) is 13.3 Å². The molecule has 3 rings (SSSR count). The van der Waals surface area contributed by atoms with Gasteiger partial charge < -0.3 is 14.8 Å². The van der Waals surface area contributed by atoms with Crippen LogP contribution in [0.25, 0.3) is 11.0 Å². The van der Waals surface area contributed by atoms with Crippen LogP contribution < -0.4 is 10.4 Å². The van der Waals surface area contributed by atoms with Crippen molar-refractivity contribution in [3.63, 3.8) is 0 Å². The zero-order chi connectivity index (χ0) is 22.6. The lowest BCUT2D eigenvalue weighted by Gasteiger charge is -2.20. The molecule has 0 saturated heterocycles. The fourth-order valence-electron chi connectivity index (χ4n) is 3.01. The normalized spacial score (nSPS) is 13.8. The number of rotatable bonds is 9. The van der Waals surface area contributed by atoms with Crippen LogP contribution in [0, 0.1) is 0 Å². The summed E-state index contributed by atoms with van der Waals surface area (Å²) in [4.78, 5) is 27.1. The second kappa shape index (κ2) is 9.65. The highest BCUT2D eigenvalue weighted by atomic mass is 35.5. The Kier molecular flexibility index (Phi) is 7.16. The maximum absolute atomic E-state index is 12.5. The number of esters is 1. The van der Waals surface area contributed by atoms with Crippen LogP contribution >= 0.6 is 11.6 Å². The Morgan fingerprint density at radius 1 is 1.23 bits per heavy atom. The van der Waals surface area contributed by atoms with Gasteiger partial charge in [-0.1, -0.05) is 23.7 Å². The van der Waals surface area contributed by atoms with Gasteiger partial charge >= 0.3 is 11.7 Å². The van der Waals surface area contributed by atoms with E-state index in [1.807, 2.05) is 12.1 Å². The van der Waals surface area contributed by atoms with Gasteiger partial charge in [-0.25, -0.2) is 13.2 Å². The van der Waals surface area contributed by atoms with Gasteiger partial charge in [-0.3, -0.25) is 9.36 Å². The number of fused-ring (bicyclic) bond motifs is 1. The number of H-pyrrole nitrogens is 1. The van der Waals surface area contributed by atoms with E-state index in [2.05, 4.69) is 9.71 Å². The standard InChI is InChI=1S/C20H22ClN3O6S/c1-13(25)18(23-31(28,29)15-9-7-14(21)8-10-15)19(26)30-12-4-11-24-17-6-3-2-5-16(17)22-20(24)27/h2-3,5-10,13,18,23,25H,4,11-12H2,1H3,(H,22,27)/t13-,18+/m1/s1. The molecule has 0 bridgehead atoms. The number of para-hydroxylation sites is 2. The van der Waals surface area contributed by atoms with Crippen molar-refractivity contribution >= 4 is 38.6 Å². The predicted octanol–water partition coefficient (Wildman–Crippen LogP) is 1.64. The first kappa shape index (κ1) is 23.0. The molecule has 3 N–H and O–H groups in total. The zero-order valence-electron chi connectivity index (χ0n) is 16.6. The highest BCUT2D eigenvalue weighted by molar-refractivity contribution is 7.89. The van der Waals surface area contributed by atoms with E-state index in [1.165, 1.54) is 35.8 Å². The van der Waals surface area contributed by atoms with E-state index >= 15 is 0 Å². The summed E-state index contributed by atoms with van der Waals surface area (Å²) in [6, 6.07) is 11.1. The second-order valence-corrected chi connectivity index (χ2v) is 9.06. The molecule has 0 saturated carbocycles. The average Bonchev–Trinajstić information content (AvgIpc) is 3.04. The average molecular weight is 468 g/mol. The molecule has 0 aliphatic rings. The van der Waals surface area contributed by atoms with E-state index in [0.29, 0.717) is 23.5 Å². The lowest BCUT2D eigenvalue weighted by atomic mass is 10.2. The van der Waals surface area contributed by atoms with Gasteiger partial charge in [0, 0.05) is 11.6 Å². The summed E-state index contributed by atoms with van der Waals surface area (Å²) in [7, 11) is -4.08. The molecule has 0 radical (unpaired) electrons. The summed E-state index contributed by atoms with van der Waals surface area (Å²) in [5, 5.41) is 10.3. The van der Waals surface area contributed by atoms with Crippen molar-refractivity contribution in [3.05, 3.63) is 64.0 Å². The lowest BCUT2D eigenvalue weighted by Crippen LogP contribution is -2.48. The predicted molar refractivity (Wildman–Crippen MR) is 115 cm³/mol. The van der Waals surface area contributed by atoms with Crippen molar-refractivity contribution in [2.45, 2.75) is 36.9 Å². The number of aliphatic hydroxyl groups excluding tert-OH is 1. The number of hydrogen-bond acceptors (Lipinski definition) is 6. The number of ether oxygens (including phenoxy) is 1. The monoisotopic (exact) mass is 467 g/mol. The molecule has 0 amide bonds. The van der Waals surface area contributed by atoms with Crippen LogP contribution in [-0.4, -0.2) is 47.8 Å². The number of carbonyl (C=O) groups is 1. The van der Waals surface area contributed by atoms with Gasteiger partial charge in [-0.2, -0.15) is 4.72 Å². The highest BCUT2D eigenvalue weighted by Crippen LogP contribution is 2.15. The number of aliphatic hydroxyl groups is 1. The van der Waals surface area contributed by atoms with Gasteiger partial charge in [-0.05, 0) is 49.7 Å². The number of aromatic amines is 1. The summed E-state index contributed by atoms with van der Waals surface area (Å²) in [6.45, 7) is 1.52. The van der Waals surface area contributed by atoms with Crippen molar-refractivity contribution in [3.8, 4) is 0 Å². The van der Waals surface area contributed by atoms with Crippen LogP contribution in [-0.2, 0) is 26.1 Å². The minimum Gasteiger partial charge on any atom is -0.464 e. The molecule has 11 heteroatoms. The Morgan fingerprint density at radius 3 is 2.58 bits per heavy atom. The molecule has 166 valence electrons. The molecule has 31 heavy (non-hydrogen) atoms. The fraction of sp³-hybridized carbons (Fsp3) is 0.300. The molecule has 0 unspecified atom stereocenters. The Balaban J connectivity index is 1.60. The Labute approximate surface area is 183 Å². The van der Waals surface area contributed by atoms with Crippen molar-refractivity contribution in [2.24, 2.45) is 0 Å². The van der Waals surface area contributed by atoms with E-state index in [0.717, 1.165) is 5.52 Å². The maximum atomic E-state index is 12.5. The molecule has 0 aliphatic carbocycles. The van der Waals surface area contributed by atoms with Gasteiger partial charge in [0.05, 0.1) is 28.6 Å². The van der Waals surface area contributed by atoms with Crippen LogP contribution in [0.5, 0.6) is 0 Å². The second-order valence-electron chi connectivity index (χ2n) is 6.91. The molecular formula is C20H22ClN3O6S. The van der Waals surface area contributed by atoms with Crippen LogP contribution in [0.15, 0.2) is 58.2 Å². The van der Waals surface area contributed by atoms with Crippen LogP contribution in [0.3, 0.4) is 0 Å². The third kappa shape index (κ3) is 5.53. The number of imidazole rings is 1. The molecule has 2 aromatic carbocycles. The number of aromatic nitrogens is 2. The minimum atomic E-state index is -4.08. The lowest BCUT2D eigenvalue weighted by molar-refractivity contribution is -0.148. The minimum absolute atomic E-state index is 0.0589.